The lowest BCUT2D eigenvalue weighted by molar-refractivity contribution is -0.139. The summed E-state index contributed by atoms with van der Waals surface area (Å²) >= 11 is 1.52. The molecule has 0 unspecified atom stereocenters. The zero-order valence-electron chi connectivity index (χ0n) is 9.92. The zero-order valence-corrected chi connectivity index (χ0v) is 10.7. The maximum atomic E-state index is 11.8. The van der Waals surface area contributed by atoms with E-state index in [-0.39, 0.29) is 11.4 Å². The Morgan fingerprint density at radius 3 is 2.89 bits per heavy atom. The van der Waals surface area contributed by atoms with Crippen LogP contribution in [0.4, 0.5) is 5.69 Å². The van der Waals surface area contributed by atoms with Crippen LogP contribution in [-0.2, 0) is 4.79 Å². The lowest BCUT2D eigenvalue weighted by atomic mass is 10.2. The van der Waals surface area contributed by atoms with Crippen molar-refractivity contribution in [1.82, 2.24) is 10.3 Å². The molecule has 0 aromatic carbocycles. The number of amides is 1. The van der Waals surface area contributed by atoms with Crippen LogP contribution in [0, 0.1) is 0 Å². The fourth-order valence-electron chi connectivity index (χ4n) is 1.33. The second kappa shape index (κ2) is 6.85. The molecule has 6 nitrogen and oxygen atoms in total. The van der Waals surface area contributed by atoms with Gasteiger partial charge in [0.1, 0.15) is 6.04 Å². The number of carboxylic acids is 1. The van der Waals surface area contributed by atoms with Gasteiger partial charge in [-0.3, -0.25) is 4.79 Å². The topological polar surface area (TPSA) is 105 Å². The van der Waals surface area contributed by atoms with Crippen molar-refractivity contribution in [3.8, 4) is 0 Å². The molecule has 0 radical (unpaired) electrons. The van der Waals surface area contributed by atoms with Crippen molar-refractivity contribution >= 4 is 29.3 Å². The fourth-order valence-corrected chi connectivity index (χ4v) is 1.80. The Hall–Kier alpha value is -1.76. The number of pyridine rings is 1. The van der Waals surface area contributed by atoms with Crippen LogP contribution >= 0.6 is 11.8 Å². The number of anilines is 1. The Bertz CT molecular complexity index is 439. The smallest absolute Gasteiger partial charge is 0.326 e. The van der Waals surface area contributed by atoms with Crippen LogP contribution < -0.4 is 11.1 Å². The van der Waals surface area contributed by atoms with Gasteiger partial charge in [-0.05, 0) is 30.6 Å². The Kier molecular flexibility index (Phi) is 5.44. The Labute approximate surface area is 109 Å². The third kappa shape index (κ3) is 3.92. The Morgan fingerprint density at radius 1 is 1.61 bits per heavy atom. The molecule has 0 saturated carbocycles. The van der Waals surface area contributed by atoms with Gasteiger partial charge in [0.2, 0.25) is 0 Å². The van der Waals surface area contributed by atoms with Gasteiger partial charge in [0, 0.05) is 6.20 Å². The molecule has 1 aromatic heterocycles. The van der Waals surface area contributed by atoms with Gasteiger partial charge < -0.3 is 16.2 Å². The van der Waals surface area contributed by atoms with Crippen LogP contribution in [0.1, 0.15) is 16.9 Å². The average Bonchev–Trinajstić information content (AvgIpc) is 2.34. The minimum atomic E-state index is -1.06. The standard InChI is InChI=1S/C11H15N3O3S/c1-18-6-4-8(11(16)17)14-10(15)9-7(12)3-2-5-13-9/h2-3,5,8H,4,6,12H2,1H3,(H,14,15)(H,16,17)/t8-/m1/s1. The van der Waals surface area contributed by atoms with Crippen LogP contribution in [0.3, 0.4) is 0 Å². The lowest BCUT2D eigenvalue weighted by Crippen LogP contribution is -2.41. The van der Waals surface area contributed by atoms with E-state index in [0.717, 1.165) is 0 Å². The summed E-state index contributed by atoms with van der Waals surface area (Å²) in [7, 11) is 0. The van der Waals surface area contributed by atoms with Gasteiger partial charge in [-0.1, -0.05) is 0 Å². The van der Waals surface area contributed by atoms with Crippen molar-refractivity contribution in [3.63, 3.8) is 0 Å². The number of carbonyl (C=O) groups is 2. The number of nitrogen functional groups attached to an aromatic ring is 1. The summed E-state index contributed by atoms with van der Waals surface area (Å²) in [5.41, 5.74) is 5.87. The van der Waals surface area contributed by atoms with Gasteiger partial charge in [0.05, 0.1) is 5.69 Å². The van der Waals surface area contributed by atoms with E-state index in [1.165, 1.54) is 18.0 Å². The number of hydrogen-bond acceptors (Lipinski definition) is 5. The Morgan fingerprint density at radius 2 is 2.33 bits per heavy atom. The maximum Gasteiger partial charge on any atom is 0.326 e. The molecule has 0 aliphatic heterocycles. The SMILES string of the molecule is CSCC[C@@H](NC(=O)c1ncccc1N)C(=O)O. The first kappa shape index (κ1) is 14.3. The molecule has 18 heavy (non-hydrogen) atoms. The molecule has 0 bridgehead atoms. The molecule has 7 heteroatoms. The molecular formula is C11H15N3O3S. The molecule has 0 fully saturated rings. The molecular weight excluding hydrogens is 254 g/mol. The second-order valence-corrected chi connectivity index (χ2v) is 4.57. The highest BCUT2D eigenvalue weighted by Gasteiger charge is 2.21. The summed E-state index contributed by atoms with van der Waals surface area (Å²) in [4.78, 5) is 26.6. The van der Waals surface area contributed by atoms with E-state index in [2.05, 4.69) is 10.3 Å². The number of thioether (sulfide) groups is 1. The predicted molar refractivity (Wildman–Crippen MR) is 70.5 cm³/mol. The minimum Gasteiger partial charge on any atom is -0.480 e. The van der Waals surface area contributed by atoms with Gasteiger partial charge in [0.15, 0.2) is 5.69 Å². The highest BCUT2D eigenvalue weighted by Crippen LogP contribution is 2.08. The quantitative estimate of drug-likeness (QED) is 0.698. The van der Waals surface area contributed by atoms with Gasteiger partial charge in [-0.2, -0.15) is 11.8 Å². The van der Waals surface area contributed by atoms with Crippen LogP contribution in [0.5, 0.6) is 0 Å². The first-order chi connectivity index (χ1) is 8.56. The van der Waals surface area contributed by atoms with E-state index in [4.69, 9.17) is 10.8 Å². The predicted octanol–water partition coefficient (Wildman–Crippen LogP) is 0.600. The number of carbonyl (C=O) groups excluding carboxylic acids is 1. The average molecular weight is 269 g/mol. The van der Waals surface area contributed by atoms with Crippen molar-refractivity contribution in [1.29, 1.82) is 0 Å². The molecule has 0 aliphatic carbocycles. The molecule has 4 N–H and O–H groups in total. The number of aromatic nitrogens is 1. The molecule has 0 aliphatic rings. The second-order valence-electron chi connectivity index (χ2n) is 3.59. The number of aliphatic carboxylic acids is 1. The summed E-state index contributed by atoms with van der Waals surface area (Å²) < 4.78 is 0. The van der Waals surface area contributed by atoms with Gasteiger partial charge >= 0.3 is 5.97 Å². The molecule has 1 amide bonds. The third-order valence-electron chi connectivity index (χ3n) is 2.27. The van der Waals surface area contributed by atoms with E-state index in [9.17, 15) is 9.59 Å². The molecule has 1 aromatic rings. The number of rotatable bonds is 6. The first-order valence-electron chi connectivity index (χ1n) is 5.29. The van der Waals surface area contributed by atoms with E-state index in [0.29, 0.717) is 12.2 Å². The van der Waals surface area contributed by atoms with Crippen molar-refractivity contribution in [2.24, 2.45) is 0 Å². The van der Waals surface area contributed by atoms with E-state index in [1.807, 2.05) is 6.26 Å². The summed E-state index contributed by atoms with van der Waals surface area (Å²) in [5.74, 6) is -0.983. The Balaban J connectivity index is 2.72. The van der Waals surface area contributed by atoms with Crippen molar-refractivity contribution in [3.05, 3.63) is 24.0 Å². The van der Waals surface area contributed by atoms with E-state index in [1.54, 1.807) is 12.1 Å². The molecule has 1 rings (SSSR count). The third-order valence-corrected chi connectivity index (χ3v) is 2.91. The number of nitrogens with zero attached hydrogens (tertiary/aromatic N) is 1. The number of carboxylic acid groups (broad SMARTS) is 1. The van der Waals surface area contributed by atoms with Crippen LogP contribution in [0.2, 0.25) is 0 Å². The monoisotopic (exact) mass is 269 g/mol. The first-order valence-corrected chi connectivity index (χ1v) is 6.68. The molecule has 1 heterocycles. The van der Waals surface area contributed by atoms with Crippen molar-refractivity contribution < 1.29 is 14.7 Å². The van der Waals surface area contributed by atoms with E-state index < -0.39 is 17.9 Å². The van der Waals surface area contributed by atoms with Gasteiger partial charge in [-0.25, -0.2) is 9.78 Å². The summed E-state index contributed by atoms with van der Waals surface area (Å²) in [6, 6.07) is 2.22. The van der Waals surface area contributed by atoms with Crippen LogP contribution in [0.15, 0.2) is 18.3 Å². The molecule has 98 valence electrons. The highest BCUT2D eigenvalue weighted by molar-refractivity contribution is 7.98. The summed E-state index contributed by atoms with van der Waals surface area (Å²) in [5, 5.41) is 11.4. The maximum absolute atomic E-state index is 11.8. The van der Waals surface area contributed by atoms with Gasteiger partial charge in [0.25, 0.3) is 5.91 Å². The lowest BCUT2D eigenvalue weighted by Gasteiger charge is -2.14. The van der Waals surface area contributed by atoms with Crippen molar-refractivity contribution in [2.45, 2.75) is 12.5 Å². The zero-order chi connectivity index (χ0) is 13.5. The number of hydrogen-bond donors (Lipinski definition) is 3. The molecule has 0 spiro atoms. The largest absolute Gasteiger partial charge is 0.480 e. The number of nitrogens with one attached hydrogen (secondary N) is 1. The van der Waals surface area contributed by atoms with Crippen LogP contribution in [0.25, 0.3) is 0 Å². The molecule has 0 saturated heterocycles. The normalized spacial score (nSPS) is 11.8. The molecule has 1 atom stereocenters. The highest BCUT2D eigenvalue weighted by atomic mass is 32.2. The summed E-state index contributed by atoms with van der Waals surface area (Å²) in [6.45, 7) is 0. The van der Waals surface area contributed by atoms with Gasteiger partial charge in [-0.15, -0.1) is 0 Å². The van der Waals surface area contributed by atoms with Crippen molar-refractivity contribution in [2.75, 3.05) is 17.7 Å². The summed E-state index contributed by atoms with van der Waals surface area (Å²) in [6.07, 6.45) is 3.66. The fraction of sp³-hybridized carbons (Fsp3) is 0.364. The van der Waals surface area contributed by atoms with E-state index >= 15 is 0 Å². The van der Waals surface area contributed by atoms with Crippen LogP contribution in [-0.4, -0.2) is 40.0 Å². The minimum absolute atomic E-state index is 0.0490. The number of nitrogens with two attached hydrogens (primary N) is 1.